The third-order valence-electron chi connectivity index (χ3n) is 3.33. The fraction of sp³-hybridized carbons (Fsp3) is 0.429. The van der Waals surface area contributed by atoms with Crippen LogP contribution in [0, 0.1) is 10.1 Å². The number of nitro benzene ring substituents is 1. The van der Waals surface area contributed by atoms with Gasteiger partial charge >= 0.3 is 0 Å². The van der Waals surface area contributed by atoms with E-state index in [0.717, 1.165) is 18.5 Å². The minimum absolute atomic E-state index is 0.102. The molecule has 1 heterocycles. The van der Waals surface area contributed by atoms with Crippen molar-refractivity contribution in [2.75, 3.05) is 0 Å². The fourth-order valence-corrected chi connectivity index (χ4v) is 2.19. The number of nitrogens with two attached hydrogens (primary N) is 1. The van der Waals surface area contributed by atoms with Crippen molar-refractivity contribution in [3.8, 4) is 0 Å². The number of hydrogen-bond acceptors (Lipinski definition) is 5. The summed E-state index contributed by atoms with van der Waals surface area (Å²) < 4.78 is 1.68. The van der Waals surface area contributed by atoms with E-state index in [-0.39, 0.29) is 16.7 Å². The van der Waals surface area contributed by atoms with Crippen molar-refractivity contribution in [2.24, 2.45) is 5.73 Å². The molecule has 112 valence electrons. The maximum absolute atomic E-state index is 11.0. The van der Waals surface area contributed by atoms with Gasteiger partial charge < -0.3 is 5.73 Å². The quantitative estimate of drug-likeness (QED) is 0.622. The van der Waals surface area contributed by atoms with E-state index < -0.39 is 0 Å². The number of hydrogen-bond donors (Lipinski definition) is 1. The van der Waals surface area contributed by atoms with Gasteiger partial charge in [-0.25, -0.2) is 0 Å². The molecular formula is C14H19N5O2. The van der Waals surface area contributed by atoms with Crippen LogP contribution in [0.15, 0.2) is 30.5 Å². The fourth-order valence-electron chi connectivity index (χ4n) is 2.19. The second-order valence-corrected chi connectivity index (χ2v) is 4.94. The predicted octanol–water partition coefficient (Wildman–Crippen LogP) is 2.23. The Morgan fingerprint density at radius 2 is 2.19 bits per heavy atom. The highest BCUT2D eigenvalue weighted by molar-refractivity contribution is 5.39. The number of nitrogens with zero attached hydrogens (tertiary/aromatic N) is 4. The van der Waals surface area contributed by atoms with Crippen LogP contribution < -0.4 is 5.73 Å². The second kappa shape index (κ2) is 6.94. The first kappa shape index (κ1) is 15.1. The molecule has 7 nitrogen and oxygen atoms in total. The van der Waals surface area contributed by atoms with Gasteiger partial charge in [-0.3, -0.25) is 14.8 Å². The van der Waals surface area contributed by atoms with Crippen LogP contribution in [-0.4, -0.2) is 19.9 Å². The van der Waals surface area contributed by atoms with Crippen LogP contribution in [0.2, 0.25) is 0 Å². The van der Waals surface area contributed by atoms with E-state index in [1.807, 2.05) is 6.20 Å². The van der Waals surface area contributed by atoms with Gasteiger partial charge in [-0.15, -0.1) is 5.10 Å². The van der Waals surface area contributed by atoms with E-state index in [9.17, 15) is 10.1 Å². The highest BCUT2D eigenvalue weighted by Crippen LogP contribution is 2.19. The molecule has 2 rings (SSSR count). The molecule has 7 heteroatoms. The third kappa shape index (κ3) is 3.85. The Bertz CT molecular complexity index is 611. The van der Waals surface area contributed by atoms with Crippen molar-refractivity contribution in [1.82, 2.24) is 15.0 Å². The standard InChI is InChI=1S/C14H19N5O2/c1-2-5-12(15)13-10-18(17-16-13)9-8-11-6-3-4-7-14(11)19(20)21/h3-4,6-7,10,12H,2,5,8-9,15H2,1H3. The molecule has 1 aromatic carbocycles. The maximum atomic E-state index is 11.0. The van der Waals surface area contributed by atoms with Crippen LogP contribution in [0.4, 0.5) is 5.69 Å². The first-order chi connectivity index (χ1) is 10.1. The normalized spacial score (nSPS) is 12.3. The van der Waals surface area contributed by atoms with Crippen molar-refractivity contribution in [3.05, 3.63) is 51.8 Å². The van der Waals surface area contributed by atoms with Crippen molar-refractivity contribution in [1.29, 1.82) is 0 Å². The summed E-state index contributed by atoms with van der Waals surface area (Å²) in [7, 11) is 0. The molecule has 0 saturated heterocycles. The topological polar surface area (TPSA) is 99.9 Å². The largest absolute Gasteiger partial charge is 0.323 e. The van der Waals surface area contributed by atoms with Gasteiger partial charge in [0.1, 0.15) is 0 Å². The Hall–Kier alpha value is -2.28. The Labute approximate surface area is 122 Å². The smallest absolute Gasteiger partial charge is 0.272 e. The Morgan fingerprint density at radius 3 is 2.90 bits per heavy atom. The summed E-state index contributed by atoms with van der Waals surface area (Å²) in [5.74, 6) is 0. The van der Waals surface area contributed by atoms with Gasteiger partial charge in [0.2, 0.25) is 0 Å². The van der Waals surface area contributed by atoms with Crippen LogP contribution in [0.5, 0.6) is 0 Å². The van der Waals surface area contributed by atoms with Crippen molar-refractivity contribution in [2.45, 2.75) is 38.8 Å². The van der Waals surface area contributed by atoms with Crippen LogP contribution in [0.25, 0.3) is 0 Å². The summed E-state index contributed by atoms with van der Waals surface area (Å²) >= 11 is 0. The molecule has 1 aromatic heterocycles. The minimum Gasteiger partial charge on any atom is -0.323 e. The molecule has 21 heavy (non-hydrogen) atoms. The molecule has 0 aliphatic heterocycles. The first-order valence-electron chi connectivity index (χ1n) is 6.99. The first-order valence-corrected chi connectivity index (χ1v) is 6.99. The van der Waals surface area contributed by atoms with Crippen LogP contribution in [0.3, 0.4) is 0 Å². The number of aromatic nitrogens is 3. The Balaban J connectivity index is 2.02. The zero-order chi connectivity index (χ0) is 15.2. The van der Waals surface area contributed by atoms with E-state index in [4.69, 9.17) is 5.73 Å². The van der Waals surface area contributed by atoms with Crippen molar-refractivity contribution in [3.63, 3.8) is 0 Å². The molecule has 0 aliphatic carbocycles. The lowest BCUT2D eigenvalue weighted by Gasteiger charge is -2.05. The maximum Gasteiger partial charge on any atom is 0.272 e. The van der Waals surface area contributed by atoms with E-state index >= 15 is 0 Å². The van der Waals surface area contributed by atoms with Crippen molar-refractivity contribution < 1.29 is 4.92 Å². The van der Waals surface area contributed by atoms with Gasteiger partial charge in [0, 0.05) is 18.2 Å². The van der Waals surface area contributed by atoms with E-state index in [1.165, 1.54) is 6.07 Å². The van der Waals surface area contributed by atoms with Gasteiger partial charge in [-0.05, 0) is 12.8 Å². The Kier molecular flexibility index (Phi) is 4.99. The molecular weight excluding hydrogens is 270 g/mol. The van der Waals surface area contributed by atoms with E-state index in [1.54, 1.807) is 22.9 Å². The number of nitro groups is 1. The molecule has 0 saturated carbocycles. The number of para-hydroxylation sites is 1. The van der Waals surface area contributed by atoms with E-state index in [2.05, 4.69) is 17.2 Å². The summed E-state index contributed by atoms with van der Waals surface area (Å²) in [4.78, 5) is 10.6. The van der Waals surface area contributed by atoms with Crippen LogP contribution in [-0.2, 0) is 13.0 Å². The molecule has 0 aliphatic rings. The van der Waals surface area contributed by atoms with Gasteiger partial charge in [0.15, 0.2) is 0 Å². The summed E-state index contributed by atoms with van der Waals surface area (Å²) in [5, 5.41) is 19.0. The minimum atomic E-state index is -0.362. The molecule has 1 atom stereocenters. The molecule has 0 radical (unpaired) electrons. The average Bonchev–Trinajstić information content (AvgIpc) is 2.94. The summed E-state index contributed by atoms with van der Waals surface area (Å²) in [6.07, 6.45) is 4.20. The molecule has 0 bridgehead atoms. The molecule has 0 fully saturated rings. The van der Waals surface area contributed by atoms with Crippen molar-refractivity contribution >= 4 is 5.69 Å². The molecule has 2 aromatic rings. The third-order valence-corrected chi connectivity index (χ3v) is 3.33. The molecule has 0 amide bonds. The predicted molar refractivity (Wildman–Crippen MR) is 78.7 cm³/mol. The SMILES string of the molecule is CCCC(N)c1cn(CCc2ccccc2[N+](=O)[O-])nn1. The number of aryl methyl sites for hydroxylation is 2. The van der Waals surface area contributed by atoms with Gasteiger partial charge in [0.25, 0.3) is 5.69 Å². The summed E-state index contributed by atoms with van der Waals surface area (Å²) in [5.41, 5.74) is 7.58. The second-order valence-electron chi connectivity index (χ2n) is 4.94. The lowest BCUT2D eigenvalue weighted by Crippen LogP contribution is -2.10. The van der Waals surface area contributed by atoms with Gasteiger partial charge in [0.05, 0.1) is 22.9 Å². The zero-order valence-corrected chi connectivity index (χ0v) is 12.0. The van der Waals surface area contributed by atoms with E-state index in [0.29, 0.717) is 18.5 Å². The Morgan fingerprint density at radius 1 is 1.43 bits per heavy atom. The summed E-state index contributed by atoms with van der Waals surface area (Å²) in [6, 6.07) is 6.64. The van der Waals surface area contributed by atoms with Gasteiger partial charge in [-0.2, -0.15) is 0 Å². The van der Waals surface area contributed by atoms with Crippen LogP contribution >= 0.6 is 0 Å². The summed E-state index contributed by atoms with van der Waals surface area (Å²) in [6.45, 7) is 2.61. The lowest BCUT2D eigenvalue weighted by atomic mass is 10.1. The zero-order valence-electron chi connectivity index (χ0n) is 12.0. The molecule has 0 spiro atoms. The monoisotopic (exact) mass is 289 g/mol. The molecule has 1 unspecified atom stereocenters. The highest BCUT2D eigenvalue weighted by atomic mass is 16.6. The lowest BCUT2D eigenvalue weighted by molar-refractivity contribution is -0.385. The van der Waals surface area contributed by atoms with Crippen LogP contribution in [0.1, 0.15) is 37.1 Å². The van der Waals surface area contributed by atoms with Gasteiger partial charge in [-0.1, -0.05) is 36.8 Å². The number of rotatable bonds is 7. The number of benzene rings is 1. The average molecular weight is 289 g/mol. The highest BCUT2D eigenvalue weighted by Gasteiger charge is 2.13. The molecule has 2 N–H and O–H groups in total.